The van der Waals surface area contributed by atoms with Crippen LogP contribution in [0.25, 0.3) is 0 Å². The molecule has 2 atom stereocenters. The fraction of sp³-hybridized carbons (Fsp3) is 0.611. The monoisotopic (exact) mass is 320 g/mol. The minimum Gasteiger partial charge on any atom is -0.491 e. The quantitative estimate of drug-likeness (QED) is 0.808. The maximum Gasteiger partial charge on any atom is 0.234 e. The highest BCUT2D eigenvalue weighted by atomic mass is 16.5. The fourth-order valence-electron chi connectivity index (χ4n) is 2.86. The van der Waals surface area contributed by atoms with Gasteiger partial charge in [-0.1, -0.05) is 12.1 Å². The van der Waals surface area contributed by atoms with Gasteiger partial charge >= 0.3 is 0 Å². The number of amides is 1. The van der Waals surface area contributed by atoms with Crippen molar-refractivity contribution < 1.29 is 14.6 Å². The zero-order chi connectivity index (χ0) is 16.8. The number of likely N-dealkylation sites (tertiary alicyclic amines) is 1. The first-order valence-electron chi connectivity index (χ1n) is 8.41. The molecule has 23 heavy (non-hydrogen) atoms. The van der Waals surface area contributed by atoms with E-state index in [0.29, 0.717) is 12.6 Å². The molecule has 1 aliphatic heterocycles. The molecule has 1 amide bonds. The molecule has 0 radical (unpaired) electrons. The van der Waals surface area contributed by atoms with E-state index < -0.39 is 6.10 Å². The Morgan fingerprint density at radius 2 is 2.26 bits per heavy atom. The van der Waals surface area contributed by atoms with Gasteiger partial charge in [-0.2, -0.15) is 0 Å². The summed E-state index contributed by atoms with van der Waals surface area (Å²) >= 11 is 0. The largest absolute Gasteiger partial charge is 0.491 e. The Balaban J connectivity index is 1.82. The molecule has 1 aliphatic rings. The molecule has 1 fully saturated rings. The Morgan fingerprint density at radius 3 is 2.91 bits per heavy atom. The van der Waals surface area contributed by atoms with Gasteiger partial charge in [0.2, 0.25) is 5.91 Å². The van der Waals surface area contributed by atoms with Crippen molar-refractivity contribution in [2.24, 2.45) is 0 Å². The molecule has 5 heteroatoms. The molecule has 0 saturated carbocycles. The second-order valence-corrected chi connectivity index (χ2v) is 6.52. The van der Waals surface area contributed by atoms with Crippen molar-refractivity contribution in [1.29, 1.82) is 0 Å². The van der Waals surface area contributed by atoms with Crippen molar-refractivity contribution in [3.63, 3.8) is 0 Å². The maximum absolute atomic E-state index is 12.0. The number of nitrogens with one attached hydrogen (secondary N) is 1. The molecular formula is C18H28N2O3. The molecule has 5 nitrogen and oxygen atoms in total. The molecule has 2 rings (SSSR count). The van der Waals surface area contributed by atoms with Crippen molar-refractivity contribution in [2.75, 3.05) is 19.6 Å². The Bertz CT molecular complexity index is 519. The van der Waals surface area contributed by atoms with Crippen LogP contribution in [0.1, 0.15) is 45.3 Å². The average molecular weight is 320 g/mol. The summed E-state index contributed by atoms with van der Waals surface area (Å²) in [6.07, 6.45) is 1.66. The van der Waals surface area contributed by atoms with Crippen molar-refractivity contribution in [3.8, 4) is 5.75 Å². The molecule has 1 aromatic rings. The highest BCUT2D eigenvalue weighted by Gasteiger charge is 2.22. The lowest BCUT2D eigenvalue weighted by atomic mass is 10.1. The number of carbonyl (C=O) groups excluding carboxylic acids is 1. The number of nitrogens with zero attached hydrogens (tertiary/aromatic N) is 1. The third-order valence-electron chi connectivity index (χ3n) is 4.14. The van der Waals surface area contributed by atoms with Gasteiger partial charge in [-0.3, -0.25) is 9.69 Å². The molecular weight excluding hydrogens is 292 g/mol. The van der Waals surface area contributed by atoms with E-state index in [9.17, 15) is 9.90 Å². The van der Waals surface area contributed by atoms with E-state index in [4.69, 9.17) is 4.74 Å². The van der Waals surface area contributed by atoms with Crippen molar-refractivity contribution >= 4 is 5.91 Å². The number of rotatable bonds is 7. The van der Waals surface area contributed by atoms with Gasteiger partial charge in [-0.05, 0) is 57.9 Å². The van der Waals surface area contributed by atoms with Crippen LogP contribution in [0, 0.1) is 0 Å². The molecule has 1 aromatic carbocycles. The Morgan fingerprint density at radius 1 is 1.48 bits per heavy atom. The van der Waals surface area contributed by atoms with Gasteiger partial charge in [0.15, 0.2) is 0 Å². The summed E-state index contributed by atoms with van der Waals surface area (Å²) in [5.41, 5.74) is 0.748. The van der Waals surface area contributed by atoms with Crippen molar-refractivity contribution in [3.05, 3.63) is 29.8 Å². The van der Waals surface area contributed by atoms with Crippen LogP contribution >= 0.6 is 0 Å². The van der Waals surface area contributed by atoms with Crippen LogP contribution in [-0.2, 0) is 4.79 Å². The number of benzene rings is 1. The van der Waals surface area contributed by atoms with Crippen LogP contribution < -0.4 is 10.1 Å². The highest BCUT2D eigenvalue weighted by molar-refractivity contribution is 5.78. The maximum atomic E-state index is 12.0. The Kier molecular flexibility index (Phi) is 6.42. The van der Waals surface area contributed by atoms with Crippen LogP contribution in [0.3, 0.4) is 0 Å². The zero-order valence-corrected chi connectivity index (χ0v) is 14.3. The summed E-state index contributed by atoms with van der Waals surface area (Å²) in [4.78, 5) is 14.2. The normalized spacial score (nSPS) is 19.8. The van der Waals surface area contributed by atoms with Gasteiger partial charge in [-0.15, -0.1) is 0 Å². The summed E-state index contributed by atoms with van der Waals surface area (Å²) in [6.45, 7) is 7.67. The Labute approximate surface area is 138 Å². The van der Waals surface area contributed by atoms with E-state index in [0.717, 1.165) is 30.7 Å². The van der Waals surface area contributed by atoms with Crippen LogP contribution in [0.15, 0.2) is 24.3 Å². The summed E-state index contributed by atoms with van der Waals surface area (Å²) in [5.74, 6) is 0.696. The molecule has 0 unspecified atom stereocenters. The lowest BCUT2D eigenvalue weighted by Crippen LogP contribution is -2.40. The van der Waals surface area contributed by atoms with E-state index in [1.54, 1.807) is 0 Å². The van der Waals surface area contributed by atoms with E-state index in [1.807, 2.05) is 38.1 Å². The summed E-state index contributed by atoms with van der Waals surface area (Å²) < 4.78 is 5.63. The van der Waals surface area contributed by atoms with Crippen molar-refractivity contribution in [1.82, 2.24) is 10.2 Å². The SMILES string of the molecule is CC(C)Oc1cccc([C@@H](O)CNC(=O)CN2CCC[C@H]2C)c1. The number of hydrogen-bond donors (Lipinski definition) is 2. The number of ether oxygens (including phenoxy) is 1. The van der Waals surface area contributed by atoms with Crippen LogP contribution in [0.2, 0.25) is 0 Å². The van der Waals surface area contributed by atoms with Gasteiger partial charge < -0.3 is 15.2 Å². The highest BCUT2D eigenvalue weighted by Crippen LogP contribution is 2.20. The lowest BCUT2D eigenvalue weighted by molar-refractivity contribution is -0.122. The molecule has 128 valence electrons. The predicted octanol–water partition coefficient (Wildman–Crippen LogP) is 2.11. The summed E-state index contributed by atoms with van der Waals surface area (Å²) in [6, 6.07) is 7.84. The Hall–Kier alpha value is -1.59. The topological polar surface area (TPSA) is 61.8 Å². The molecule has 1 heterocycles. The van der Waals surface area contributed by atoms with Gasteiger partial charge in [0, 0.05) is 12.6 Å². The second kappa shape index (κ2) is 8.31. The lowest BCUT2D eigenvalue weighted by Gasteiger charge is -2.21. The second-order valence-electron chi connectivity index (χ2n) is 6.52. The molecule has 2 N–H and O–H groups in total. The first-order chi connectivity index (χ1) is 11.0. The number of aliphatic hydroxyl groups is 1. The van der Waals surface area contributed by atoms with Crippen molar-refractivity contribution in [2.45, 2.75) is 51.9 Å². The molecule has 0 bridgehead atoms. The number of aliphatic hydroxyl groups excluding tert-OH is 1. The molecule has 0 aliphatic carbocycles. The third kappa shape index (κ3) is 5.52. The van der Waals surface area contributed by atoms with Gasteiger partial charge in [0.05, 0.1) is 18.8 Å². The smallest absolute Gasteiger partial charge is 0.234 e. The molecule has 0 aromatic heterocycles. The van der Waals surface area contributed by atoms with Gasteiger partial charge in [-0.25, -0.2) is 0 Å². The third-order valence-corrected chi connectivity index (χ3v) is 4.14. The number of carbonyl (C=O) groups is 1. The first-order valence-corrected chi connectivity index (χ1v) is 8.41. The average Bonchev–Trinajstić information content (AvgIpc) is 2.89. The minimum atomic E-state index is -0.731. The van der Waals surface area contributed by atoms with E-state index in [1.165, 1.54) is 0 Å². The zero-order valence-electron chi connectivity index (χ0n) is 14.3. The van der Waals surface area contributed by atoms with E-state index in [2.05, 4.69) is 17.1 Å². The van der Waals surface area contributed by atoms with E-state index in [-0.39, 0.29) is 18.6 Å². The minimum absolute atomic E-state index is 0.0348. The fourth-order valence-corrected chi connectivity index (χ4v) is 2.86. The predicted molar refractivity (Wildman–Crippen MR) is 90.4 cm³/mol. The van der Waals surface area contributed by atoms with Crippen LogP contribution in [-0.4, -0.2) is 47.7 Å². The van der Waals surface area contributed by atoms with Gasteiger partial charge in [0.25, 0.3) is 0 Å². The first kappa shape index (κ1) is 17.8. The van der Waals surface area contributed by atoms with Crippen LogP contribution in [0.4, 0.5) is 0 Å². The van der Waals surface area contributed by atoms with Crippen LogP contribution in [0.5, 0.6) is 5.75 Å². The molecule has 1 saturated heterocycles. The standard InChI is InChI=1S/C18H28N2O3/c1-13(2)23-16-8-4-7-15(10-16)17(21)11-19-18(22)12-20-9-5-6-14(20)3/h4,7-8,10,13-14,17,21H,5-6,9,11-12H2,1-3H3,(H,19,22)/t14-,17+/m1/s1. The van der Waals surface area contributed by atoms with Gasteiger partial charge in [0.1, 0.15) is 5.75 Å². The molecule has 0 spiro atoms. The summed E-state index contributed by atoms with van der Waals surface area (Å²) in [5, 5.41) is 13.1. The summed E-state index contributed by atoms with van der Waals surface area (Å²) in [7, 11) is 0. The van der Waals surface area contributed by atoms with E-state index >= 15 is 0 Å². The number of hydrogen-bond acceptors (Lipinski definition) is 4.